The van der Waals surface area contributed by atoms with Crippen LogP contribution in [0.2, 0.25) is 0 Å². The zero-order valence-corrected chi connectivity index (χ0v) is 18.1. The normalized spacial score (nSPS) is 12.7. The van der Waals surface area contributed by atoms with Crippen molar-refractivity contribution in [3.8, 4) is 5.75 Å². The number of esters is 2. The van der Waals surface area contributed by atoms with E-state index in [-0.39, 0.29) is 22.7 Å². The van der Waals surface area contributed by atoms with Gasteiger partial charge in [0, 0.05) is 16.7 Å². The summed E-state index contributed by atoms with van der Waals surface area (Å²) in [5.41, 5.74) is 5.96. The Bertz CT molecular complexity index is 1110. The summed E-state index contributed by atoms with van der Waals surface area (Å²) in [6.45, 7) is 0.302. The number of aliphatic hydroxyl groups is 1. The molecule has 0 aliphatic heterocycles. The molecular weight excluding hydrogens is 475 g/mol. The molecule has 0 fully saturated rings. The van der Waals surface area contributed by atoms with Gasteiger partial charge in [-0.05, 0) is 43.3 Å². The lowest BCUT2D eigenvalue weighted by atomic mass is 9.99. The largest absolute Gasteiger partial charge is 0.491 e. The summed E-state index contributed by atoms with van der Waals surface area (Å²) >= 11 is 0. The number of hydrogen-bond donors (Lipinski definition) is 4. The zero-order chi connectivity index (χ0) is 26.3. The van der Waals surface area contributed by atoms with Crippen LogP contribution >= 0.6 is 0 Å². The van der Waals surface area contributed by atoms with E-state index in [0.29, 0.717) is 5.56 Å². The van der Waals surface area contributed by atoms with Gasteiger partial charge in [-0.1, -0.05) is 12.1 Å². The first-order chi connectivity index (χ1) is 16.3. The van der Waals surface area contributed by atoms with Crippen LogP contribution in [0.25, 0.3) is 0 Å². The molecule has 0 aliphatic rings. The Balaban J connectivity index is 2.02. The van der Waals surface area contributed by atoms with E-state index in [0.717, 1.165) is 0 Å². The molecule has 2 aromatic carbocycles. The van der Waals surface area contributed by atoms with Crippen LogP contribution in [0.3, 0.4) is 0 Å². The second kappa shape index (κ2) is 11.2. The topological polar surface area (TPSA) is 169 Å². The number of halogens is 3. The van der Waals surface area contributed by atoms with Crippen LogP contribution in [0.4, 0.5) is 13.2 Å². The van der Waals surface area contributed by atoms with Gasteiger partial charge in [-0.15, -0.1) is 0 Å². The van der Waals surface area contributed by atoms with Crippen LogP contribution in [0, 0.1) is 5.41 Å². The minimum absolute atomic E-state index is 0.0267. The second-order valence-electron chi connectivity index (χ2n) is 7.12. The molecule has 0 saturated carbocycles. The van der Waals surface area contributed by atoms with Crippen molar-refractivity contribution in [2.24, 2.45) is 5.73 Å². The quantitative estimate of drug-likeness (QED) is 0.133. The average Bonchev–Trinajstić information content (AvgIpc) is 2.80. The van der Waals surface area contributed by atoms with Gasteiger partial charge in [0.05, 0.1) is 6.10 Å². The van der Waals surface area contributed by atoms with Crippen LogP contribution in [0.1, 0.15) is 33.2 Å². The molecular formula is C22H20F3N3O7. The van der Waals surface area contributed by atoms with Crippen LogP contribution in [-0.2, 0) is 14.3 Å². The van der Waals surface area contributed by atoms with Crippen LogP contribution in [-0.4, -0.2) is 59.5 Å². The molecule has 1 amide bonds. The maximum atomic E-state index is 12.8. The van der Waals surface area contributed by atoms with Gasteiger partial charge in [0.2, 0.25) is 0 Å². The molecule has 0 heterocycles. The van der Waals surface area contributed by atoms with Gasteiger partial charge < -0.3 is 25.6 Å². The van der Waals surface area contributed by atoms with E-state index in [1.165, 1.54) is 55.5 Å². The smallest absolute Gasteiger partial charge is 0.482 e. The van der Waals surface area contributed by atoms with E-state index in [9.17, 15) is 37.5 Å². The molecule has 5 N–H and O–H groups in total. The van der Waals surface area contributed by atoms with Crippen molar-refractivity contribution in [1.82, 2.24) is 5.32 Å². The Hall–Kier alpha value is -4.26. The number of nitrogens with two attached hydrogens (primary N) is 1. The Labute approximate surface area is 196 Å². The molecule has 0 radical (unpaired) electrons. The first kappa shape index (κ1) is 27.0. The molecule has 0 saturated heterocycles. The highest BCUT2D eigenvalue weighted by molar-refractivity contribution is 6.05. The summed E-state index contributed by atoms with van der Waals surface area (Å²) in [7, 11) is 0. The number of nitrogen functional groups attached to an aromatic ring is 1. The maximum Gasteiger partial charge on any atom is 0.491 e. The second-order valence-corrected chi connectivity index (χ2v) is 7.12. The lowest BCUT2D eigenvalue weighted by Crippen LogP contribution is -2.47. The number of amidine groups is 1. The standard InChI is InChI=1S/C22H20F3N3O7/c1-11(29)17(28-20(32)14-4-2-13(3-5-14)19(26)27)18(31)12-6-8-15(9-7-12)34-10-16(30)35-21(33)22(23,24)25/h2-9,11,17,29H,10H2,1H3,(H3,26,27)(H,28,32). The first-order valence-electron chi connectivity index (χ1n) is 9.82. The number of Topliss-reactive ketones (excluding diaryl/α,β-unsaturated/α-hetero) is 1. The summed E-state index contributed by atoms with van der Waals surface area (Å²) in [6.07, 6.45) is -6.61. The predicted molar refractivity (Wildman–Crippen MR) is 114 cm³/mol. The molecule has 0 aliphatic carbocycles. The van der Waals surface area contributed by atoms with Crippen molar-refractivity contribution in [2.75, 3.05) is 6.61 Å². The van der Waals surface area contributed by atoms with Gasteiger partial charge in [0.1, 0.15) is 17.6 Å². The molecule has 186 valence electrons. The van der Waals surface area contributed by atoms with Crippen molar-refractivity contribution in [3.05, 3.63) is 65.2 Å². The van der Waals surface area contributed by atoms with Gasteiger partial charge in [0.25, 0.3) is 5.91 Å². The molecule has 0 spiro atoms. The molecule has 2 aromatic rings. The van der Waals surface area contributed by atoms with E-state index >= 15 is 0 Å². The number of alkyl halides is 3. The van der Waals surface area contributed by atoms with E-state index in [1.54, 1.807) is 0 Å². The highest BCUT2D eigenvalue weighted by Gasteiger charge is 2.42. The van der Waals surface area contributed by atoms with Crippen LogP contribution in [0.5, 0.6) is 5.75 Å². The van der Waals surface area contributed by atoms with E-state index in [4.69, 9.17) is 15.9 Å². The van der Waals surface area contributed by atoms with Gasteiger partial charge >= 0.3 is 18.1 Å². The minimum Gasteiger partial charge on any atom is -0.482 e. The Kier molecular flexibility index (Phi) is 8.67. The summed E-state index contributed by atoms with van der Waals surface area (Å²) in [4.78, 5) is 47.2. The number of carbonyl (C=O) groups is 4. The number of aliphatic hydroxyl groups excluding tert-OH is 1. The van der Waals surface area contributed by atoms with Crippen molar-refractivity contribution in [3.63, 3.8) is 0 Å². The molecule has 0 bridgehead atoms. The fraction of sp³-hybridized carbons (Fsp3) is 0.227. The molecule has 2 rings (SSSR count). The summed E-state index contributed by atoms with van der Waals surface area (Å²) in [5, 5.41) is 19.8. The number of ketones is 1. The van der Waals surface area contributed by atoms with Crippen molar-refractivity contribution in [1.29, 1.82) is 5.41 Å². The molecule has 35 heavy (non-hydrogen) atoms. The summed E-state index contributed by atoms with van der Waals surface area (Å²) in [5.74, 6) is -5.77. The fourth-order valence-electron chi connectivity index (χ4n) is 2.66. The Morgan fingerprint density at radius 1 is 1.00 bits per heavy atom. The molecule has 13 heteroatoms. The van der Waals surface area contributed by atoms with Crippen molar-refractivity contribution >= 4 is 29.5 Å². The lowest BCUT2D eigenvalue weighted by molar-refractivity contribution is -0.202. The third-order valence-electron chi connectivity index (χ3n) is 4.44. The predicted octanol–water partition coefficient (Wildman–Crippen LogP) is 1.34. The molecule has 10 nitrogen and oxygen atoms in total. The molecule has 2 atom stereocenters. The number of hydrogen-bond acceptors (Lipinski definition) is 8. The average molecular weight is 495 g/mol. The molecule has 2 unspecified atom stereocenters. The number of amides is 1. The third kappa shape index (κ3) is 7.64. The number of ether oxygens (including phenoxy) is 2. The molecule has 0 aromatic heterocycles. The third-order valence-corrected chi connectivity index (χ3v) is 4.44. The van der Waals surface area contributed by atoms with Crippen molar-refractivity contribution in [2.45, 2.75) is 25.2 Å². The maximum absolute atomic E-state index is 12.8. The summed E-state index contributed by atoms with van der Waals surface area (Å²) in [6, 6.07) is 9.28. The number of benzene rings is 2. The number of carbonyl (C=O) groups excluding carboxylic acids is 4. The fourth-order valence-corrected chi connectivity index (χ4v) is 2.66. The van der Waals surface area contributed by atoms with E-state index in [2.05, 4.69) is 10.1 Å². The Morgan fingerprint density at radius 2 is 1.51 bits per heavy atom. The van der Waals surface area contributed by atoms with Gasteiger partial charge in [0.15, 0.2) is 12.4 Å². The first-order valence-corrected chi connectivity index (χ1v) is 9.82. The monoisotopic (exact) mass is 495 g/mol. The number of rotatable bonds is 9. The highest BCUT2D eigenvalue weighted by Crippen LogP contribution is 2.18. The van der Waals surface area contributed by atoms with Crippen molar-refractivity contribution < 1.29 is 46.9 Å². The van der Waals surface area contributed by atoms with E-state index in [1.807, 2.05) is 0 Å². The van der Waals surface area contributed by atoms with Gasteiger partial charge in [-0.3, -0.25) is 15.0 Å². The van der Waals surface area contributed by atoms with E-state index < -0.39 is 48.6 Å². The van der Waals surface area contributed by atoms with Crippen LogP contribution in [0.15, 0.2) is 48.5 Å². The minimum atomic E-state index is -5.33. The lowest BCUT2D eigenvalue weighted by Gasteiger charge is -2.20. The summed E-state index contributed by atoms with van der Waals surface area (Å²) < 4.78 is 44.7. The Morgan fingerprint density at radius 3 is 2.00 bits per heavy atom. The van der Waals surface area contributed by atoms with Crippen LogP contribution < -0.4 is 15.8 Å². The number of nitrogens with one attached hydrogen (secondary N) is 2. The highest BCUT2D eigenvalue weighted by atomic mass is 19.4. The SMILES string of the molecule is CC(O)C(NC(=O)c1ccc(C(=N)N)cc1)C(=O)c1ccc(OCC(=O)OC(=O)C(F)(F)F)cc1. The zero-order valence-electron chi connectivity index (χ0n) is 18.1. The van der Waals surface area contributed by atoms with Gasteiger partial charge in [-0.25, -0.2) is 9.59 Å². The van der Waals surface area contributed by atoms with Gasteiger partial charge in [-0.2, -0.15) is 13.2 Å².